The Morgan fingerprint density at radius 2 is 2.15 bits per heavy atom. The molecule has 0 aromatic heterocycles. The van der Waals surface area contributed by atoms with Gasteiger partial charge in [-0.05, 0) is 49.8 Å². The second kappa shape index (κ2) is 11.9. The predicted molar refractivity (Wildman–Crippen MR) is 112 cm³/mol. The highest BCUT2D eigenvalue weighted by molar-refractivity contribution is 14.0. The third-order valence-corrected chi connectivity index (χ3v) is 4.08. The number of guanidine groups is 1. The molecular weight excluding hydrogens is 450 g/mol. The molecule has 6 nitrogen and oxygen atoms in total. The number of ether oxygens (including phenoxy) is 1. The number of amides is 1. The number of hydrogen-bond acceptors (Lipinski definition) is 3. The summed E-state index contributed by atoms with van der Waals surface area (Å²) in [5.41, 5.74) is 0.933. The van der Waals surface area contributed by atoms with Crippen LogP contribution in [0, 0.1) is 11.7 Å². The second-order valence-corrected chi connectivity index (χ2v) is 6.07. The van der Waals surface area contributed by atoms with Crippen LogP contribution >= 0.6 is 24.0 Å². The highest BCUT2D eigenvalue weighted by atomic mass is 127. The van der Waals surface area contributed by atoms with Gasteiger partial charge in [0.15, 0.2) is 5.96 Å². The Morgan fingerprint density at radius 3 is 2.77 bits per heavy atom. The Bertz CT molecular complexity index is 596. The standard InChI is InChI=1S/C18H27FN4O2.HI/c1-3-25-18(24)23-16(14-7-8-14)12-22-17(20-2)21-10-9-13-5-4-6-15(19)11-13;/h4-6,11,14,16H,3,7-10,12H2,1-2H3,(H,23,24)(H2,20,21,22);1H. The van der Waals surface area contributed by atoms with Crippen molar-refractivity contribution < 1.29 is 13.9 Å². The van der Waals surface area contributed by atoms with Crippen molar-refractivity contribution in [3.63, 3.8) is 0 Å². The van der Waals surface area contributed by atoms with Crippen LogP contribution in [0.15, 0.2) is 29.3 Å². The van der Waals surface area contributed by atoms with Gasteiger partial charge in [0.2, 0.25) is 0 Å². The van der Waals surface area contributed by atoms with Crippen molar-refractivity contribution in [1.82, 2.24) is 16.0 Å². The summed E-state index contributed by atoms with van der Waals surface area (Å²) in [6.45, 7) is 3.37. The van der Waals surface area contributed by atoms with Crippen molar-refractivity contribution in [2.75, 3.05) is 26.7 Å². The molecule has 26 heavy (non-hydrogen) atoms. The third-order valence-electron chi connectivity index (χ3n) is 4.08. The average Bonchev–Trinajstić information content (AvgIpc) is 3.42. The molecule has 1 aliphatic rings. The number of halogens is 2. The molecular formula is C18H28FIN4O2. The zero-order valence-electron chi connectivity index (χ0n) is 15.3. The van der Waals surface area contributed by atoms with Gasteiger partial charge in [0.1, 0.15) is 5.82 Å². The third kappa shape index (κ3) is 8.20. The zero-order chi connectivity index (χ0) is 18.1. The van der Waals surface area contributed by atoms with E-state index in [4.69, 9.17) is 4.74 Å². The number of nitrogens with zero attached hydrogens (tertiary/aromatic N) is 1. The van der Waals surface area contributed by atoms with Crippen LogP contribution in [0.25, 0.3) is 0 Å². The van der Waals surface area contributed by atoms with Gasteiger partial charge in [-0.25, -0.2) is 9.18 Å². The van der Waals surface area contributed by atoms with E-state index in [9.17, 15) is 9.18 Å². The number of hydrogen-bond donors (Lipinski definition) is 3. The largest absolute Gasteiger partial charge is 0.450 e. The van der Waals surface area contributed by atoms with E-state index < -0.39 is 0 Å². The number of alkyl carbamates (subject to hydrolysis) is 1. The first-order valence-corrected chi connectivity index (χ1v) is 8.74. The molecule has 0 heterocycles. The highest BCUT2D eigenvalue weighted by Gasteiger charge is 2.32. The first-order chi connectivity index (χ1) is 12.1. The Balaban J connectivity index is 0.00000338. The molecule has 3 N–H and O–H groups in total. The maximum atomic E-state index is 13.2. The molecule has 146 valence electrons. The quantitative estimate of drug-likeness (QED) is 0.305. The SMILES string of the molecule is CCOC(=O)NC(CNC(=NC)NCCc1cccc(F)c1)C1CC1.I. The van der Waals surface area contributed by atoms with E-state index in [-0.39, 0.29) is 41.9 Å². The van der Waals surface area contributed by atoms with Crippen LogP contribution in [-0.2, 0) is 11.2 Å². The molecule has 1 unspecified atom stereocenters. The Hall–Kier alpha value is -1.58. The van der Waals surface area contributed by atoms with E-state index >= 15 is 0 Å². The summed E-state index contributed by atoms with van der Waals surface area (Å²) < 4.78 is 18.1. The molecule has 1 aromatic carbocycles. The van der Waals surface area contributed by atoms with Crippen LogP contribution < -0.4 is 16.0 Å². The van der Waals surface area contributed by atoms with E-state index in [1.807, 2.05) is 6.07 Å². The number of benzene rings is 1. The number of aliphatic imine (C=N–C) groups is 1. The summed E-state index contributed by atoms with van der Waals surface area (Å²) in [4.78, 5) is 15.8. The summed E-state index contributed by atoms with van der Waals surface area (Å²) in [7, 11) is 1.70. The maximum absolute atomic E-state index is 13.2. The van der Waals surface area contributed by atoms with Crippen LogP contribution in [0.1, 0.15) is 25.3 Å². The summed E-state index contributed by atoms with van der Waals surface area (Å²) in [5.74, 6) is 0.923. The summed E-state index contributed by atoms with van der Waals surface area (Å²) in [5, 5.41) is 9.33. The van der Waals surface area contributed by atoms with Crippen molar-refractivity contribution in [3.8, 4) is 0 Å². The van der Waals surface area contributed by atoms with Crippen LogP contribution in [-0.4, -0.2) is 44.8 Å². The lowest BCUT2D eigenvalue weighted by atomic mass is 10.1. The number of carbonyl (C=O) groups excluding carboxylic acids is 1. The second-order valence-electron chi connectivity index (χ2n) is 6.07. The van der Waals surface area contributed by atoms with Crippen molar-refractivity contribution in [2.24, 2.45) is 10.9 Å². The van der Waals surface area contributed by atoms with Crippen LogP contribution in [0.5, 0.6) is 0 Å². The van der Waals surface area contributed by atoms with Crippen molar-refractivity contribution >= 4 is 36.0 Å². The van der Waals surface area contributed by atoms with Crippen molar-refractivity contribution in [2.45, 2.75) is 32.2 Å². The van der Waals surface area contributed by atoms with E-state index in [2.05, 4.69) is 20.9 Å². The molecule has 1 fully saturated rings. The molecule has 0 aliphatic heterocycles. The average molecular weight is 478 g/mol. The fourth-order valence-electron chi connectivity index (χ4n) is 2.60. The fourth-order valence-corrected chi connectivity index (χ4v) is 2.60. The Labute approximate surface area is 171 Å². The van der Waals surface area contributed by atoms with Gasteiger partial charge in [0.05, 0.1) is 12.6 Å². The van der Waals surface area contributed by atoms with Gasteiger partial charge in [-0.2, -0.15) is 0 Å². The lowest BCUT2D eigenvalue weighted by molar-refractivity contribution is 0.146. The number of nitrogens with one attached hydrogen (secondary N) is 3. The van der Waals surface area contributed by atoms with Gasteiger partial charge in [0, 0.05) is 20.1 Å². The smallest absolute Gasteiger partial charge is 0.407 e. The first-order valence-electron chi connectivity index (χ1n) is 8.74. The normalized spacial score (nSPS) is 14.8. The molecule has 1 aliphatic carbocycles. The van der Waals surface area contributed by atoms with E-state index in [1.165, 1.54) is 12.1 Å². The molecule has 2 rings (SSSR count). The van der Waals surface area contributed by atoms with Gasteiger partial charge in [-0.3, -0.25) is 4.99 Å². The van der Waals surface area contributed by atoms with Gasteiger partial charge in [-0.1, -0.05) is 12.1 Å². The van der Waals surface area contributed by atoms with E-state index in [1.54, 1.807) is 20.0 Å². The molecule has 0 saturated heterocycles. The first kappa shape index (κ1) is 22.5. The molecule has 1 saturated carbocycles. The van der Waals surface area contributed by atoms with Gasteiger partial charge >= 0.3 is 6.09 Å². The summed E-state index contributed by atoms with van der Waals surface area (Å²) in [6.07, 6.45) is 2.55. The Morgan fingerprint density at radius 1 is 1.38 bits per heavy atom. The summed E-state index contributed by atoms with van der Waals surface area (Å²) in [6, 6.07) is 6.60. The van der Waals surface area contributed by atoms with Gasteiger partial charge in [0.25, 0.3) is 0 Å². The molecule has 1 atom stereocenters. The topological polar surface area (TPSA) is 74.8 Å². The van der Waals surface area contributed by atoms with Crippen molar-refractivity contribution in [1.29, 1.82) is 0 Å². The zero-order valence-corrected chi connectivity index (χ0v) is 17.6. The molecule has 8 heteroatoms. The minimum atomic E-state index is -0.379. The minimum absolute atomic E-state index is 0. The van der Waals surface area contributed by atoms with Gasteiger partial charge < -0.3 is 20.7 Å². The molecule has 0 spiro atoms. The lowest BCUT2D eigenvalue weighted by Gasteiger charge is -2.20. The Kier molecular flexibility index (Phi) is 10.3. The highest BCUT2D eigenvalue weighted by Crippen LogP contribution is 2.32. The van der Waals surface area contributed by atoms with Crippen LogP contribution in [0.2, 0.25) is 0 Å². The maximum Gasteiger partial charge on any atom is 0.407 e. The summed E-state index contributed by atoms with van der Waals surface area (Å²) >= 11 is 0. The van der Waals surface area contributed by atoms with Crippen LogP contribution in [0.4, 0.5) is 9.18 Å². The van der Waals surface area contributed by atoms with E-state index in [0.29, 0.717) is 38.0 Å². The predicted octanol–water partition coefficient (Wildman–Crippen LogP) is 2.68. The molecule has 0 bridgehead atoms. The molecule has 0 radical (unpaired) electrons. The lowest BCUT2D eigenvalue weighted by Crippen LogP contribution is -2.48. The van der Waals surface area contributed by atoms with Gasteiger partial charge in [-0.15, -0.1) is 24.0 Å². The number of rotatable bonds is 8. The van der Waals surface area contributed by atoms with E-state index in [0.717, 1.165) is 18.4 Å². The van der Waals surface area contributed by atoms with Crippen molar-refractivity contribution in [3.05, 3.63) is 35.6 Å². The molecule has 1 amide bonds. The minimum Gasteiger partial charge on any atom is -0.450 e. The molecule has 1 aromatic rings. The fraction of sp³-hybridized carbons (Fsp3) is 0.556. The monoisotopic (exact) mass is 478 g/mol. The number of carbonyl (C=O) groups is 1. The van der Waals surface area contributed by atoms with Crippen LogP contribution in [0.3, 0.4) is 0 Å².